The lowest BCUT2D eigenvalue weighted by molar-refractivity contribution is -0.253. The molecule has 3 aromatic rings. The minimum atomic E-state index is -0.579. The fourth-order valence-corrected chi connectivity index (χ4v) is 6.20. The molecule has 2 amide bonds. The van der Waals surface area contributed by atoms with Gasteiger partial charge in [0.25, 0.3) is 0 Å². The van der Waals surface area contributed by atoms with E-state index in [1.165, 1.54) is 32.1 Å². The predicted octanol–water partition coefficient (Wildman–Crippen LogP) is 6.71. The topological polar surface area (TPSA) is 126 Å². The number of ether oxygens (including phenoxy) is 2. The standard InChI is InChI=1S/C37H48N4O5/c38-32-13-4-5-14-33(32)40-36(44)16-7-6-15-35(43)39-30-12-10-11-29(23-30)37-45-31(25-41-21-8-2-1-3-9-22-41)24-34(46-37)28-19-17-27(26-42)18-20-28/h4-5,10-14,17-20,23,31,34,37,42H,1-3,6-9,15-16,21-22,24-26,38H2,(H,39,43)(H,40,44)/t31-,34+,37+/m1/s1. The van der Waals surface area contributed by atoms with Crippen LogP contribution in [-0.2, 0) is 25.7 Å². The molecular formula is C37H48N4O5. The fourth-order valence-electron chi connectivity index (χ4n) is 6.20. The average molecular weight is 629 g/mol. The molecule has 2 saturated heterocycles. The summed E-state index contributed by atoms with van der Waals surface area (Å²) >= 11 is 0. The largest absolute Gasteiger partial charge is 0.397 e. The number of nitrogen functional groups attached to an aromatic ring is 1. The lowest BCUT2D eigenvalue weighted by Crippen LogP contribution is -2.40. The van der Waals surface area contributed by atoms with Crippen LogP contribution in [0.5, 0.6) is 0 Å². The molecule has 0 aliphatic carbocycles. The van der Waals surface area contributed by atoms with Gasteiger partial charge in [-0.15, -0.1) is 0 Å². The smallest absolute Gasteiger partial charge is 0.224 e. The van der Waals surface area contributed by atoms with Crippen molar-refractivity contribution in [2.45, 2.75) is 89.3 Å². The molecule has 2 fully saturated rings. The van der Waals surface area contributed by atoms with Gasteiger partial charge in [-0.25, -0.2) is 0 Å². The number of para-hydroxylation sites is 2. The first-order chi connectivity index (χ1) is 22.5. The van der Waals surface area contributed by atoms with Gasteiger partial charge >= 0.3 is 0 Å². The molecule has 5 rings (SSSR count). The van der Waals surface area contributed by atoms with E-state index in [4.69, 9.17) is 15.2 Å². The predicted molar refractivity (Wildman–Crippen MR) is 181 cm³/mol. The number of nitrogens with zero attached hydrogens (tertiary/aromatic N) is 1. The molecule has 246 valence electrons. The van der Waals surface area contributed by atoms with E-state index >= 15 is 0 Å². The Hall–Kier alpha value is -3.76. The average Bonchev–Trinajstić information content (AvgIpc) is 3.05. The number of aliphatic hydroxyl groups is 1. The number of likely N-dealkylation sites (tertiary alicyclic amines) is 1. The molecule has 2 aliphatic heterocycles. The Bertz CT molecular complexity index is 1410. The van der Waals surface area contributed by atoms with E-state index in [0.29, 0.717) is 42.7 Å². The van der Waals surface area contributed by atoms with Crippen molar-refractivity contribution < 1.29 is 24.2 Å². The molecule has 0 bridgehead atoms. The normalized spacial score (nSPS) is 20.8. The maximum Gasteiger partial charge on any atom is 0.224 e. The second-order valence-corrected chi connectivity index (χ2v) is 12.4. The van der Waals surface area contributed by atoms with Crippen LogP contribution in [0.4, 0.5) is 17.1 Å². The Kier molecular flexibility index (Phi) is 12.6. The van der Waals surface area contributed by atoms with Crippen molar-refractivity contribution in [1.82, 2.24) is 4.90 Å². The molecule has 46 heavy (non-hydrogen) atoms. The highest BCUT2D eigenvalue weighted by Crippen LogP contribution is 2.39. The number of nitrogens with one attached hydrogen (secondary N) is 2. The summed E-state index contributed by atoms with van der Waals surface area (Å²) in [6.45, 7) is 3.05. The maximum atomic E-state index is 12.8. The third kappa shape index (κ3) is 10.1. The Morgan fingerprint density at radius 2 is 1.50 bits per heavy atom. The van der Waals surface area contributed by atoms with Crippen LogP contribution in [0.15, 0.2) is 72.8 Å². The van der Waals surface area contributed by atoms with Crippen molar-refractivity contribution in [3.8, 4) is 0 Å². The summed E-state index contributed by atoms with van der Waals surface area (Å²) in [4.78, 5) is 27.6. The van der Waals surface area contributed by atoms with Gasteiger partial charge in [0.15, 0.2) is 6.29 Å². The molecule has 0 aromatic heterocycles. The van der Waals surface area contributed by atoms with Crippen molar-refractivity contribution in [2.75, 3.05) is 36.0 Å². The van der Waals surface area contributed by atoms with E-state index in [2.05, 4.69) is 15.5 Å². The number of aliphatic hydroxyl groups excluding tert-OH is 1. The summed E-state index contributed by atoms with van der Waals surface area (Å²) in [5.74, 6) is -0.224. The molecule has 0 unspecified atom stereocenters. The second-order valence-electron chi connectivity index (χ2n) is 12.4. The number of hydrogen-bond donors (Lipinski definition) is 4. The first-order valence-corrected chi connectivity index (χ1v) is 16.7. The van der Waals surface area contributed by atoms with Crippen LogP contribution in [0.25, 0.3) is 0 Å². The van der Waals surface area contributed by atoms with E-state index in [1.807, 2.05) is 60.7 Å². The van der Waals surface area contributed by atoms with E-state index < -0.39 is 6.29 Å². The number of nitrogens with two attached hydrogens (primary N) is 1. The number of benzene rings is 3. The molecule has 0 spiro atoms. The van der Waals surface area contributed by atoms with E-state index in [1.54, 1.807) is 12.1 Å². The van der Waals surface area contributed by atoms with Gasteiger partial charge in [-0.05, 0) is 74.2 Å². The molecule has 3 atom stereocenters. The number of carbonyl (C=O) groups is 2. The lowest BCUT2D eigenvalue weighted by atomic mass is 9.99. The molecule has 2 aliphatic rings. The molecule has 2 heterocycles. The first kappa shape index (κ1) is 33.6. The Labute approximate surface area is 272 Å². The number of carbonyl (C=O) groups excluding carboxylic acids is 2. The molecule has 9 heteroatoms. The van der Waals surface area contributed by atoms with Gasteiger partial charge in [0.1, 0.15) is 0 Å². The highest BCUT2D eigenvalue weighted by atomic mass is 16.7. The number of hydrogen-bond acceptors (Lipinski definition) is 7. The summed E-state index contributed by atoms with van der Waals surface area (Å²) in [7, 11) is 0. The van der Waals surface area contributed by atoms with Gasteiger partial charge in [-0.1, -0.05) is 67.8 Å². The van der Waals surface area contributed by atoms with Gasteiger partial charge in [0.05, 0.1) is 30.2 Å². The van der Waals surface area contributed by atoms with Crippen LogP contribution >= 0.6 is 0 Å². The minimum absolute atomic E-state index is 0.00512. The van der Waals surface area contributed by atoms with Crippen LogP contribution < -0.4 is 16.4 Å². The number of amides is 2. The lowest BCUT2D eigenvalue weighted by Gasteiger charge is -2.39. The van der Waals surface area contributed by atoms with Crippen LogP contribution in [0, 0.1) is 0 Å². The highest BCUT2D eigenvalue weighted by molar-refractivity contribution is 5.94. The Morgan fingerprint density at radius 3 is 2.22 bits per heavy atom. The third-order valence-electron chi connectivity index (χ3n) is 8.76. The summed E-state index contributed by atoms with van der Waals surface area (Å²) in [5, 5.41) is 15.3. The first-order valence-electron chi connectivity index (χ1n) is 16.7. The van der Waals surface area contributed by atoms with Crippen molar-refractivity contribution in [3.63, 3.8) is 0 Å². The summed E-state index contributed by atoms with van der Waals surface area (Å²) in [6.07, 6.45) is 8.15. The number of rotatable bonds is 12. The zero-order valence-electron chi connectivity index (χ0n) is 26.7. The van der Waals surface area contributed by atoms with Gasteiger partial charge in [-0.3, -0.25) is 9.59 Å². The number of anilines is 3. The molecule has 0 saturated carbocycles. The molecule has 9 nitrogen and oxygen atoms in total. The van der Waals surface area contributed by atoms with Gasteiger partial charge in [0.2, 0.25) is 11.8 Å². The summed E-state index contributed by atoms with van der Waals surface area (Å²) < 4.78 is 13.1. The van der Waals surface area contributed by atoms with Crippen molar-refractivity contribution in [1.29, 1.82) is 0 Å². The molecular weight excluding hydrogens is 580 g/mol. The van der Waals surface area contributed by atoms with Crippen molar-refractivity contribution >= 4 is 28.9 Å². The fraction of sp³-hybridized carbons (Fsp3) is 0.459. The molecule has 5 N–H and O–H groups in total. The summed E-state index contributed by atoms with van der Waals surface area (Å²) in [6, 6.07) is 22.8. The van der Waals surface area contributed by atoms with Crippen LogP contribution in [0.3, 0.4) is 0 Å². The van der Waals surface area contributed by atoms with Crippen molar-refractivity contribution in [2.24, 2.45) is 0 Å². The van der Waals surface area contributed by atoms with E-state index in [9.17, 15) is 14.7 Å². The zero-order valence-corrected chi connectivity index (χ0v) is 26.7. The maximum absolute atomic E-state index is 12.8. The third-order valence-corrected chi connectivity index (χ3v) is 8.76. The quantitative estimate of drug-likeness (QED) is 0.130. The molecule has 0 radical (unpaired) electrons. The van der Waals surface area contributed by atoms with E-state index in [-0.39, 0.29) is 30.6 Å². The Balaban J connectivity index is 1.17. The Morgan fingerprint density at radius 1 is 0.804 bits per heavy atom. The zero-order chi connectivity index (χ0) is 32.1. The SMILES string of the molecule is Nc1ccccc1NC(=O)CCCCC(=O)Nc1cccc([C@H]2O[C@@H](CN3CCCCCCC3)C[C@@H](c3ccc(CO)cc3)O2)c1. The van der Waals surface area contributed by atoms with Gasteiger partial charge in [-0.2, -0.15) is 0 Å². The minimum Gasteiger partial charge on any atom is -0.397 e. The van der Waals surface area contributed by atoms with Crippen LogP contribution in [0.1, 0.15) is 93.3 Å². The van der Waals surface area contributed by atoms with Gasteiger partial charge < -0.3 is 35.8 Å². The molecule has 3 aromatic carbocycles. The van der Waals surface area contributed by atoms with Crippen LogP contribution in [-0.4, -0.2) is 47.6 Å². The van der Waals surface area contributed by atoms with Gasteiger partial charge in [0, 0.05) is 37.1 Å². The second kappa shape index (κ2) is 17.2. The van der Waals surface area contributed by atoms with E-state index in [0.717, 1.165) is 42.7 Å². The van der Waals surface area contributed by atoms with Crippen LogP contribution in [0.2, 0.25) is 0 Å². The number of unbranched alkanes of at least 4 members (excludes halogenated alkanes) is 1. The highest BCUT2D eigenvalue weighted by Gasteiger charge is 2.33. The monoisotopic (exact) mass is 628 g/mol. The van der Waals surface area contributed by atoms with Crippen molar-refractivity contribution in [3.05, 3.63) is 89.5 Å². The summed E-state index contributed by atoms with van der Waals surface area (Å²) in [5.41, 5.74) is 10.5.